The van der Waals surface area contributed by atoms with E-state index in [2.05, 4.69) is 16.8 Å². The highest BCUT2D eigenvalue weighted by atomic mass is 16.6. The summed E-state index contributed by atoms with van der Waals surface area (Å²) in [5.41, 5.74) is 4.71. The van der Waals surface area contributed by atoms with Crippen molar-refractivity contribution in [3.05, 3.63) is 33.1 Å². The molecular weight excluding hydrogens is 266 g/mol. The number of aliphatic hydroxyl groups excluding tert-OH is 1. The predicted octanol–water partition coefficient (Wildman–Crippen LogP) is -2.48. The number of H-pyrrole nitrogens is 1. The van der Waals surface area contributed by atoms with Crippen LogP contribution in [0, 0.1) is 11.8 Å². The van der Waals surface area contributed by atoms with Crippen LogP contribution >= 0.6 is 0 Å². The second kappa shape index (κ2) is 4.88. The Morgan fingerprint density at radius 3 is 2.90 bits per heavy atom. The van der Waals surface area contributed by atoms with Crippen molar-refractivity contribution in [1.82, 2.24) is 9.55 Å². The van der Waals surface area contributed by atoms with Gasteiger partial charge in [0.15, 0.2) is 12.3 Å². The van der Waals surface area contributed by atoms with Gasteiger partial charge in [-0.2, -0.15) is 0 Å². The highest BCUT2D eigenvalue weighted by molar-refractivity contribution is 5.33. The lowest BCUT2D eigenvalue weighted by Crippen LogP contribution is -2.43. The summed E-state index contributed by atoms with van der Waals surface area (Å²) >= 11 is 0. The summed E-state index contributed by atoms with van der Waals surface area (Å²) in [5.74, 6) is 5.41. The molecule has 1 saturated heterocycles. The monoisotopic (exact) mass is 279 g/mol. The van der Waals surface area contributed by atoms with E-state index in [4.69, 9.17) is 15.2 Å². The van der Waals surface area contributed by atoms with Gasteiger partial charge in [0, 0.05) is 12.3 Å². The van der Waals surface area contributed by atoms with Crippen molar-refractivity contribution in [3.8, 4) is 11.8 Å². The summed E-state index contributed by atoms with van der Waals surface area (Å²) < 4.78 is 12.0. The second-order valence-corrected chi connectivity index (χ2v) is 4.65. The van der Waals surface area contributed by atoms with Gasteiger partial charge in [0.25, 0.3) is 5.56 Å². The molecule has 1 aliphatic heterocycles. The topological polar surface area (TPSA) is 120 Å². The van der Waals surface area contributed by atoms with Crippen LogP contribution in [0.15, 0.2) is 21.9 Å². The molecule has 106 valence electrons. The van der Waals surface area contributed by atoms with Crippen molar-refractivity contribution in [1.29, 1.82) is 0 Å². The van der Waals surface area contributed by atoms with Crippen molar-refractivity contribution in [3.63, 3.8) is 0 Å². The number of aliphatic hydroxyl groups is 1. The maximum absolute atomic E-state index is 11.7. The van der Waals surface area contributed by atoms with Gasteiger partial charge in [0.1, 0.15) is 12.2 Å². The zero-order valence-electron chi connectivity index (χ0n) is 10.4. The van der Waals surface area contributed by atoms with E-state index in [1.54, 1.807) is 0 Å². The summed E-state index contributed by atoms with van der Waals surface area (Å²) in [5, 5.41) is 10.0. The van der Waals surface area contributed by atoms with E-state index in [0.29, 0.717) is 0 Å². The minimum Gasteiger partial charge on any atom is -0.389 e. The first-order chi connectivity index (χ1) is 9.56. The zero-order valence-corrected chi connectivity index (χ0v) is 10.4. The van der Waals surface area contributed by atoms with Crippen LogP contribution in [0.3, 0.4) is 0 Å². The van der Waals surface area contributed by atoms with Crippen LogP contribution in [-0.2, 0) is 9.47 Å². The van der Waals surface area contributed by atoms with Gasteiger partial charge in [-0.3, -0.25) is 14.3 Å². The number of ether oxygens (including phenoxy) is 2. The van der Waals surface area contributed by atoms with Gasteiger partial charge in [-0.15, -0.1) is 0 Å². The second-order valence-electron chi connectivity index (χ2n) is 4.65. The highest BCUT2D eigenvalue weighted by Gasteiger charge is 2.43. The van der Waals surface area contributed by atoms with E-state index in [0.717, 1.165) is 4.57 Å². The maximum atomic E-state index is 11.7. The maximum Gasteiger partial charge on any atom is 0.330 e. The first kappa shape index (κ1) is 13.1. The summed E-state index contributed by atoms with van der Waals surface area (Å²) in [6, 6.07) is 0.387. The molecule has 1 aromatic rings. The average molecular weight is 279 g/mol. The van der Waals surface area contributed by atoms with Gasteiger partial charge in [0.05, 0.1) is 12.6 Å². The molecule has 0 saturated carbocycles. The van der Waals surface area contributed by atoms with E-state index in [9.17, 15) is 14.7 Å². The fourth-order valence-electron chi connectivity index (χ4n) is 2.09. The third-order valence-corrected chi connectivity index (χ3v) is 3.23. The predicted molar refractivity (Wildman–Crippen MR) is 66.7 cm³/mol. The molecule has 20 heavy (non-hydrogen) atoms. The quantitative estimate of drug-likeness (QED) is 0.525. The molecule has 2 heterocycles. The molecule has 4 atom stereocenters. The van der Waals surface area contributed by atoms with Gasteiger partial charge in [-0.05, 0) is 0 Å². The third-order valence-electron chi connectivity index (χ3n) is 3.23. The molecule has 0 spiro atoms. The molecule has 4 N–H and O–H groups in total. The first-order valence-electron chi connectivity index (χ1n) is 6.09. The number of rotatable bonds is 4. The van der Waals surface area contributed by atoms with Crippen LogP contribution in [0.1, 0.15) is 6.23 Å². The Bertz CT molecular complexity index is 677. The minimum atomic E-state index is -0.974. The molecule has 8 nitrogen and oxygen atoms in total. The normalized spacial score (nSPS) is 31.9. The van der Waals surface area contributed by atoms with Gasteiger partial charge in [0.2, 0.25) is 0 Å². The smallest absolute Gasteiger partial charge is 0.330 e. The Hall–Kier alpha value is -1.92. The van der Waals surface area contributed by atoms with Crippen LogP contribution in [0.25, 0.3) is 0 Å². The lowest BCUT2D eigenvalue weighted by atomic mass is 10.1. The molecule has 2 aliphatic rings. The number of aromatic amines is 1. The fourth-order valence-corrected chi connectivity index (χ4v) is 2.09. The lowest BCUT2D eigenvalue weighted by molar-refractivity contribution is -0.0637. The minimum absolute atomic E-state index is 0.119. The van der Waals surface area contributed by atoms with E-state index in [1.807, 2.05) is 0 Å². The SMILES string of the molecule is NC1C(O)[C@@H](COC2C#C2)O[C@H]1n1ccc(=O)[nH]c1=O. The molecule has 1 fully saturated rings. The number of aromatic nitrogens is 2. The summed E-state index contributed by atoms with van der Waals surface area (Å²) in [6.07, 6.45) is -1.46. The fraction of sp³-hybridized carbons (Fsp3) is 0.500. The third kappa shape index (κ3) is 2.39. The Morgan fingerprint density at radius 1 is 1.50 bits per heavy atom. The molecule has 2 unspecified atom stereocenters. The Balaban J connectivity index is 1.76. The van der Waals surface area contributed by atoms with E-state index in [-0.39, 0.29) is 12.7 Å². The summed E-state index contributed by atoms with van der Waals surface area (Å²) in [7, 11) is 0. The van der Waals surface area contributed by atoms with Crippen molar-refractivity contribution in [2.75, 3.05) is 6.61 Å². The van der Waals surface area contributed by atoms with E-state index in [1.165, 1.54) is 12.3 Å². The number of hydrogen-bond donors (Lipinski definition) is 3. The van der Waals surface area contributed by atoms with Gasteiger partial charge in [-0.1, -0.05) is 11.8 Å². The molecule has 3 rings (SSSR count). The van der Waals surface area contributed by atoms with Crippen LogP contribution in [0.4, 0.5) is 0 Å². The van der Waals surface area contributed by atoms with E-state index < -0.39 is 35.7 Å². The number of nitrogens with one attached hydrogen (secondary N) is 1. The largest absolute Gasteiger partial charge is 0.389 e. The van der Waals surface area contributed by atoms with Crippen molar-refractivity contribution < 1.29 is 14.6 Å². The van der Waals surface area contributed by atoms with Crippen LogP contribution in [0.5, 0.6) is 0 Å². The Kier molecular flexibility index (Phi) is 3.19. The van der Waals surface area contributed by atoms with Gasteiger partial charge < -0.3 is 20.3 Å². The lowest BCUT2D eigenvalue weighted by Gasteiger charge is -2.17. The van der Waals surface area contributed by atoms with Crippen LogP contribution in [-0.4, -0.2) is 45.6 Å². The van der Waals surface area contributed by atoms with Gasteiger partial charge in [-0.25, -0.2) is 4.79 Å². The van der Waals surface area contributed by atoms with Crippen LogP contribution in [0.2, 0.25) is 0 Å². The first-order valence-corrected chi connectivity index (χ1v) is 6.09. The van der Waals surface area contributed by atoms with Crippen molar-refractivity contribution >= 4 is 0 Å². The Labute approximate surface area is 113 Å². The van der Waals surface area contributed by atoms with Crippen molar-refractivity contribution in [2.45, 2.75) is 30.6 Å². The molecule has 1 aromatic heterocycles. The molecular formula is C12H13N3O5. The van der Waals surface area contributed by atoms with Gasteiger partial charge >= 0.3 is 5.69 Å². The molecule has 0 amide bonds. The molecule has 8 heteroatoms. The zero-order chi connectivity index (χ0) is 14.3. The highest BCUT2D eigenvalue weighted by Crippen LogP contribution is 2.27. The standard InChI is InChI=1S/C12H13N3O5/c13-9-10(17)7(5-19-6-1-2-6)20-11(9)15-4-3-8(16)14-12(15)18/h3-4,6-7,9-11,17H,5,13H2,(H,14,16,18)/t7-,9?,10?,11-/m1/s1. The Morgan fingerprint density at radius 2 is 2.25 bits per heavy atom. The average Bonchev–Trinajstić information content (AvgIpc) is 3.19. The molecule has 0 aromatic carbocycles. The molecule has 0 radical (unpaired) electrons. The summed E-state index contributed by atoms with van der Waals surface area (Å²) in [4.78, 5) is 24.8. The number of hydrogen-bond acceptors (Lipinski definition) is 6. The molecule has 0 bridgehead atoms. The summed E-state index contributed by atoms with van der Waals surface area (Å²) in [6.45, 7) is 0.119. The van der Waals surface area contributed by atoms with Crippen molar-refractivity contribution in [2.24, 2.45) is 5.73 Å². The van der Waals surface area contributed by atoms with E-state index >= 15 is 0 Å². The number of nitrogens with two attached hydrogens (primary N) is 1. The number of nitrogens with zero attached hydrogens (tertiary/aromatic N) is 1. The van der Waals surface area contributed by atoms with Crippen LogP contribution < -0.4 is 17.0 Å². The molecule has 1 aliphatic carbocycles.